The largest absolute Gasteiger partial charge is 2.00 e. The van der Waals surface area contributed by atoms with Crippen LogP contribution in [0.3, 0.4) is 0 Å². The molecule has 0 aliphatic rings. The van der Waals surface area contributed by atoms with Gasteiger partial charge in [-0.3, -0.25) is 0 Å². The molecular weight excluding hydrogens is 492 g/mol. The van der Waals surface area contributed by atoms with Crippen molar-refractivity contribution >= 4 is 48.9 Å². The van der Waals surface area contributed by atoms with Gasteiger partial charge in [0, 0.05) is 92.3 Å². The monoisotopic (exact) mass is 496 g/mol. The smallest absolute Gasteiger partial charge is 1.00 e. The van der Waals surface area contributed by atoms with Crippen molar-refractivity contribution in [2.24, 2.45) is 0 Å². The van der Waals surface area contributed by atoms with Crippen molar-refractivity contribution in [3.05, 3.63) is 0 Å². The summed E-state index contributed by atoms with van der Waals surface area (Å²) in [4.78, 5) is 0. The third-order valence-electron chi connectivity index (χ3n) is 0. The second-order valence-corrected chi connectivity index (χ2v) is 0. The Morgan fingerprint density at radius 1 is 1.25 bits per heavy atom. The van der Waals surface area contributed by atoms with Crippen molar-refractivity contribution in [3.8, 4) is 0 Å². The molecular formula is H2BaCoGdLa. The number of hydrogen-bond acceptors (Lipinski definition) is 0. The van der Waals surface area contributed by atoms with E-state index < -0.39 is 0 Å². The van der Waals surface area contributed by atoms with E-state index >= 15 is 0 Å². The first-order valence-electron chi connectivity index (χ1n) is 0. The fourth-order valence-corrected chi connectivity index (χ4v) is 0. The van der Waals surface area contributed by atoms with Crippen LogP contribution in [0.25, 0.3) is 0 Å². The van der Waals surface area contributed by atoms with Crippen LogP contribution in [-0.2, 0) is 16.8 Å². The molecule has 0 spiro atoms. The summed E-state index contributed by atoms with van der Waals surface area (Å²) in [6.07, 6.45) is 0. The predicted octanol–water partition coefficient (Wildman–Crippen LogP) is -0.158. The molecule has 0 unspecified atom stereocenters. The minimum Gasteiger partial charge on any atom is -1.00 e. The SMILES string of the molecule is [Ba+2].[Co].[Gd].[H-].[H-].[La]. The van der Waals surface area contributed by atoms with Crippen LogP contribution in [-0.4, -0.2) is 48.9 Å². The maximum Gasteiger partial charge on any atom is 2.00 e. The molecule has 0 rings (SSSR count). The Bertz CT molecular complexity index is 13.5. The Morgan fingerprint density at radius 2 is 1.25 bits per heavy atom. The van der Waals surface area contributed by atoms with Crippen LogP contribution in [0.5, 0.6) is 0 Å². The molecule has 0 aliphatic carbocycles. The molecule has 4 heteroatoms. The molecule has 4 heavy (non-hydrogen) atoms. The third kappa shape index (κ3) is 9.78. The van der Waals surface area contributed by atoms with Gasteiger partial charge in [-0.2, -0.15) is 0 Å². The van der Waals surface area contributed by atoms with Crippen LogP contribution < -0.4 is 0 Å². The predicted molar refractivity (Wildman–Crippen MR) is 7.98 cm³/mol. The zero-order valence-electron chi connectivity index (χ0n) is 3.97. The van der Waals surface area contributed by atoms with Gasteiger partial charge in [0.15, 0.2) is 0 Å². The Morgan fingerprint density at radius 3 is 1.25 bits per heavy atom. The Balaban J connectivity index is 0. The molecule has 0 aromatic heterocycles. The first-order valence-corrected chi connectivity index (χ1v) is 0. The van der Waals surface area contributed by atoms with Crippen molar-refractivity contribution in [1.29, 1.82) is 0 Å². The van der Waals surface area contributed by atoms with Gasteiger partial charge < -0.3 is 2.85 Å². The van der Waals surface area contributed by atoms with Crippen LogP contribution in [0.2, 0.25) is 0 Å². The fourth-order valence-electron chi connectivity index (χ4n) is 0. The van der Waals surface area contributed by atoms with Crippen molar-refractivity contribution in [2.45, 2.75) is 0 Å². The average Bonchev–Trinajstić information content (AvgIpc) is 0. The van der Waals surface area contributed by atoms with Crippen LogP contribution in [0.1, 0.15) is 2.85 Å². The molecule has 0 amide bonds. The summed E-state index contributed by atoms with van der Waals surface area (Å²) in [5, 5.41) is 0. The van der Waals surface area contributed by atoms with Gasteiger partial charge in [-0.1, -0.05) is 0 Å². The molecule has 0 fully saturated rings. The standard InChI is InChI=1S/Ba.Co.Gd.La.2H/q+2;;;;2*-1. The van der Waals surface area contributed by atoms with E-state index in [1.54, 1.807) is 0 Å². The minimum atomic E-state index is 0. The van der Waals surface area contributed by atoms with Crippen LogP contribution in [0.4, 0.5) is 0 Å². The molecule has 0 atom stereocenters. The van der Waals surface area contributed by atoms with Gasteiger partial charge in [0.1, 0.15) is 0 Å². The Labute approximate surface area is 140 Å². The van der Waals surface area contributed by atoms with E-state index in [1.807, 2.05) is 0 Å². The summed E-state index contributed by atoms with van der Waals surface area (Å²) in [6.45, 7) is 0. The van der Waals surface area contributed by atoms with Crippen molar-refractivity contribution in [3.63, 3.8) is 0 Å². The number of hydrogen-bond donors (Lipinski definition) is 0. The molecule has 2 radical (unpaired) electrons. The fraction of sp³-hybridized carbons (Fsp3) is 0. The average molecular weight is 494 g/mol. The van der Waals surface area contributed by atoms with Crippen LogP contribution in [0.15, 0.2) is 0 Å². The van der Waals surface area contributed by atoms with E-state index in [1.165, 1.54) is 0 Å². The number of rotatable bonds is 0. The van der Waals surface area contributed by atoms with Gasteiger partial charge in [-0.05, 0) is 0 Å². The maximum absolute atomic E-state index is 0. The molecule has 0 bridgehead atoms. The molecule has 0 aromatic carbocycles. The summed E-state index contributed by atoms with van der Waals surface area (Å²) in [5.74, 6) is 0. The molecule has 0 heterocycles. The first-order chi connectivity index (χ1) is 0. The van der Waals surface area contributed by atoms with E-state index in [0.29, 0.717) is 0 Å². The van der Waals surface area contributed by atoms with Gasteiger partial charge in [-0.25, -0.2) is 0 Å². The van der Waals surface area contributed by atoms with Gasteiger partial charge in [0.2, 0.25) is 0 Å². The minimum absolute atomic E-state index is 0. The zero-order valence-corrected chi connectivity index (χ0v) is 13.3. The summed E-state index contributed by atoms with van der Waals surface area (Å²) >= 11 is 0. The Hall–Kier alpha value is 4.60. The molecule has 0 N–H and O–H groups in total. The Kier molecular flexibility index (Phi) is 91.8. The van der Waals surface area contributed by atoms with Gasteiger partial charge in [-0.15, -0.1) is 0 Å². The topological polar surface area (TPSA) is 0 Å². The molecule has 24 valence electrons. The quantitative estimate of drug-likeness (QED) is 0.411. The zero-order chi connectivity index (χ0) is 0. The van der Waals surface area contributed by atoms with E-state index in [4.69, 9.17) is 0 Å². The van der Waals surface area contributed by atoms with Crippen LogP contribution >= 0.6 is 0 Å². The molecule has 0 aliphatic heterocycles. The second-order valence-electron chi connectivity index (χ2n) is 0. The van der Waals surface area contributed by atoms with Gasteiger partial charge >= 0.3 is 48.9 Å². The molecule has 0 saturated heterocycles. The maximum atomic E-state index is 0. The molecule has 0 aromatic rings. The van der Waals surface area contributed by atoms with E-state index in [9.17, 15) is 0 Å². The van der Waals surface area contributed by atoms with Crippen molar-refractivity contribution in [1.82, 2.24) is 0 Å². The summed E-state index contributed by atoms with van der Waals surface area (Å²) in [6, 6.07) is 0. The summed E-state index contributed by atoms with van der Waals surface area (Å²) in [5.41, 5.74) is 0. The third-order valence-corrected chi connectivity index (χ3v) is 0. The molecule has 0 saturated carbocycles. The molecule has 0 nitrogen and oxygen atoms in total. The first kappa shape index (κ1) is 23.5. The van der Waals surface area contributed by atoms with E-state index in [0.717, 1.165) is 0 Å². The second kappa shape index (κ2) is 15.6. The van der Waals surface area contributed by atoms with E-state index in [2.05, 4.69) is 0 Å². The normalized spacial score (nSPS) is 0. The van der Waals surface area contributed by atoms with Gasteiger partial charge in [0.05, 0.1) is 0 Å². The van der Waals surface area contributed by atoms with Gasteiger partial charge in [0.25, 0.3) is 0 Å². The summed E-state index contributed by atoms with van der Waals surface area (Å²) in [7, 11) is 0. The van der Waals surface area contributed by atoms with Crippen molar-refractivity contribution < 1.29 is 95.2 Å². The van der Waals surface area contributed by atoms with Crippen molar-refractivity contribution in [2.75, 3.05) is 0 Å². The summed E-state index contributed by atoms with van der Waals surface area (Å²) < 4.78 is 0. The van der Waals surface area contributed by atoms with E-state index in [-0.39, 0.29) is 144 Å². The van der Waals surface area contributed by atoms with Crippen LogP contribution in [0, 0.1) is 75.5 Å².